The van der Waals surface area contributed by atoms with E-state index in [4.69, 9.17) is 15.9 Å². The number of pyridine rings is 1. The summed E-state index contributed by atoms with van der Waals surface area (Å²) in [5.41, 5.74) is 8.87. The number of ether oxygens (including phenoxy) is 1. The zero-order valence-electron chi connectivity index (χ0n) is 16.1. The number of nitrogens with one attached hydrogen (secondary N) is 3. The number of nitrogens with zero attached hydrogens (tertiary/aromatic N) is 2. The summed E-state index contributed by atoms with van der Waals surface area (Å²) < 4.78 is 5.35. The molecule has 0 radical (unpaired) electrons. The molecule has 0 spiro atoms. The molecule has 1 saturated heterocycles. The first-order chi connectivity index (χ1) is 14.1. The van der Waals surface area contributed by atoms with Gasteiger partial charge in [0.05, 0.1) is 18.8 Å². The highest BCUT2D eigenvalue weighted by Crippen LogP contribution is 2.20. The van der Waals surface area contributed by atoms with Crippen LogP contribution in [0.25, 0.3) is 10.9 Å². The first-order valence-corrected chi connectivity index (χ1v) is 9.63. The van der Waals surface area contributed by atoms with Gasteiger partial charge in [0.15, 0.2) is 0 Å². The molecule has 8 nitrogen and oxygen atoms in total. The number of anilines is 1. The number of fused-ring (bicyclic) bond motifs is 1. The van der Waals surface area contributed by atoms with E-state index in [1.807, 2.05) is 24.3 Å². The molecule has 0 atom stereocenters. The Hall–Kier alpha value is -3.39. The number of aromatic amines is 1. The van der Waals surface area contributed by atoms with Crippen molar-refractivity contribution in [1.82, 2.24) is 15.3 Å². The number of nitrogen functional groups attached to an aromatic ring is 1. The highest BCUT2D eigenvalue weighted by atomic mass is 16.5. The van der Waals surface area contributed by atoms with Crippen molar-refractivity contribution in [2.24, 2.45) is 5.73 Å². The van der Waals surface area contributed by atoms with Gasteiger partial charge < -0.3 is 25.7 Å². The molecular weight excluding hydrogens is 368 g/mol. The van der Waals surface area contributed by atoms with Gasteiger partial charge in [0.2, 0.25) is 0 Å². The molecule has 1 aromatic carbocycles. The Labute approximate surface area is 168 Å². The maximum atomic E-state index is 12.4. The lowest BCUT2D eigenvalue weighted by molar-refractivity contribution is 0.0953. The van der Waals surface area contributed by atoms with Gasteiger partial charge in [-0.25, -0.2) is 4.98 Å². The molecule has 3 aromatic rings. The Balaban J connectivity index is 1.34. The van der Waals surface area contributed by atoms with Crippen LogP contribution in [0.2, 0.25) is 0 Å². The highest BCUT2D eigenvalue weighted by molar-refractivity contribution is 6.07. The number of aromatic nitrogens is 2. The minimum absolute atomic E-state index is 0.0368. The number of hydrogen-bond donors (Lipinski definition) is 4. The third-order valence-corrected chi connectivity index (χ3v) is 5.08. The van der Waals surface area contributed by atoms with E-state index in [0.29, 0.717) is 37.3 Å². The second-order valence-electron chi connectivity index (χ2n) is 7.01. The lowest BCUT2D eigenvalue weighted by Crippen LogP contribution is -2.36. The number of morpholine rings is 1. The maximum Gasteiger partial charge on any atom is 0.252 e. The topological polar surface area (TPSA) is 120 Å². The van der Waals surface area contributed by atoms with Gasteiger partial charge in [-0.05, 0) is 36.2 Å². The summed E-state index contributed by atoms with van der Waals surface area (Å²) in [5.74, 6) is 0.763. The lowest BCUT2D eigenvalue weighted by atomic mass is 10.1. The molecule has 1 aliphatic rings. The third kappa shape index (κ3) is 4.22. The van der Waals surface area contributed by atoms with E-state index in [-0.39, 0.29) is 11.7 Å². The van der Waals surface area contributed by atoms with Gasteiger partial charge in [-0.15, -0.1) is 0 Å². The van der Waals surface area contributed by atoms with E-state index in [2.05, 4.69) is 20.2 Å². The number of nitrogens with two attached hydrogens (primary N) is 1. The molecule has 29 heavy (non-hydrogen) atoms. The fourth-order valence-corrected chi connectivity index (χ4v) is 3.47. The molecule has 0 aliphatic carbocycles. The molecule has 1 fully saturated rings. The standard InChI is InChI=1S/C21H24N6O2/c22-20(23)17-13-25-18-3-1-14(11-16(17)18)5-6-24-21(28)15-2-4-19(26-12-15)27-7-9-29-10-8-27/h1-4,11-13,25H,5-10H2,(H3,22,23)(H,24,28). The number of amides is 1. The number of carbonyl (C=O) groups is 1. The van der Waals surface area contributed by atoms with Crippen LogP contribution < -0.4 is 16.0 Å². The van der Waals surface area contributed by atoms with Crippen LogP contribution in [0.5, 0.6) is 0 Å². The van der Waals surface area contributed by atoms with Crippen molar-refractivity contribution in [3.05, 3.63) is 59.4 Å². The monoisotopic (exact) mass is 392 g/mol. The van der Waals surface area contributed by atoms with Gasteiger partial charge >= 0.3 is 0 Å². The molecule has 8 heteroatoms. The van der Waals surface area contributed by atoms with Crippen LogP contribution in [0.15, 0.2) is 42.7 Å². The van der Waals surface area contributed by atoms with Crippen LogP contribution in [-0.4, -0.2) is 54.6 Å². The van der Waals surface area contributed by atoms with Crippen LogP contribution in [0.4, 0.5) is 5.82 Å². The molecule has 1 amide bonds. The van der Waals surface area contributed by atoms with Crippen molar-refractivity contribution >= 4 is 28.5 Å². The first-order valence-electron chi connectivity index (χ1n) is 9.63. The number of amidine groups is 1. The van der Waals surface area contributed by atoms with Gasteiger partial charge in [0.25, 0.3) is 5.91 Å². The van der Waals surface area contributed by atoms with Crippen LogP contribution in [-0.2, 0) is 11.2 Å². The normalized spacial score (nSPS) is 14.1. The van der Waals surface area contributed by atoms with Crippen molar-refractivity contribution in [3.63, 3.8) is 0 Å². The summed E-state index contributed by atoms with van der Waals surface area (Å²) in [6.07, 6.45) is 4.04. The Kier molecular flexibility index (Phi) is 5.44. The predicted molar refractivity (Wildman–Crippen MR) is 113 cm³/mol. The first kappa shape index (κ1) is 18.9. The Bertz CT molecular complexity index is 1020. The lowest BCUT2D eigenvalue weighted by Gasteiger charge is -2.27. The summed E-state index contributed by atoms with van der Waals surface area (Å²) in [6.45, 7) is 3.54. The molecule has 2 aromatic heterocycles. The summed E-state index contributed by atoms with van der Waals surface area (Å²) in [6, 6.07) is 9.66. The second kappa shape index (κ2) is 8.32. The van der Waals surface area contributed by atoms with Crippen molar-refractivity contribution in [3.8, 4) is 0 Å². The summed E-state index contributed by atoms with van der Waals surface area (Å²) in [5, 5.41) is 11.5. The second-order valence-corrected chi connectivity index (χ2v) is 7.01. The zero-order chi connectivity index (χ0) is 20.2. The van der Waals surface area contributed by atoms with E-state index in [1.165, 1.54) is 0 Å². The largest absolute Gasteiger partial charge is 0.384 e. The molecule has 3 heterocycles. The average Bonchev–Trinajstić information content (AvgIpc) is 3.18. The number of benzene rings is 1. The van der Waals surface area contributed by atoms with Crippen LogP contribution in [0.1, 0.15) is 21.5 Å². The Morgan fingerprint density at radius 3 is 2.83 bits per heavy atom. The average molecular weight is 392 g/mol. The summed E-state index contributed by atoms with van der Waals surface area (Å²) >= 11 is 0. The van der Waals surface area contributed by atoms with Crippen LogP contribution >= 0.6 is 0 Å². The van der Waals surface area contributed by atoms with E-state index >= 15 is 0 Å². The molecule has 0 unspecified atom stereocenters. The van der Waals surface area contributed by atoms with E-state index < -0.39 is 0 Å². The summed E-state index contributed by atoms with van der Waals surface area (Å²) in [7, 11) is 0. The minimum Gasteiger partial charge on any atom is -0.384 e. The highest BCUT2D eigenvalue weighted by Gasteiger charge is 2.13. The number of rotatable bonds is 6. The number of hydrogen-bond acceptors (Lipinski definition) is 5. The van der Waals surface area contributed by atoms with E-state index in [9.17, 15) is 4.79 Å². The Morgan fingerprint density at radius 1 is 1.28 bits per heavy atom. The fourth-order valence-electron chi connectivity index (χ4n) is 3.47. The molecule has 0 saturated carbocycles. The minimum atomic E-state index is -0.141. The van der Waals surface area contributed by atoms with Gasteiger partial charge in [-0.2, -0.15) is 0 Å². The quantitative estimate of drug-likeness (QED) is 0.376. The van der Waals surface area contributed by atoms with E-state index in [0.717, 1.165) is 35.4 Å². The number of carbonyl (C=O) groups excluding carboxylic acids is 1. The third-order valence-electron chi connectivity index (χ3n) is 5.08. The van der Waals surface area contributed by atoms with Crippen molar-refractivity contribution < 1.29 is 9.53 Å². The molecule has 5 N–H and O–H groups in total. The summed E-state index contributed by atoms with van der Waals surface area (Å²) in [4.78, 5) is 22.1. The van der Waals surface area contributed by atoms with Gasteiger partial charge in [0, 0.05) is 48.5 Å². The van der Waals surface area contributed by atoms with Crippen LogP contribution in [0.3, 0.4) is 0 Å². The molecule has 0 bridgehead atoms. The predicted octanol–water partition coefficient (Wildman–Crippen LogP) is 1.66. The molecule has 150 valence electrons. The number of H-pyrrole nitrogens is 1. The fraction of sp³-hybridized carbons (Fsp3) is 0.286. The Morgan fingerprint density at radius 2 is 2.10 bits per heavy atom. The van der Waals surface area contributed by atoms with Gasteiger partial charge in [-0.1, -0.05) is 6.07 Å². The van der Waals surface area contributed by atoms with Gasteiger partial charge in [-0.3, -0.25) is 10.2 Å². The van der Waals surface area contributed by atoms with Crippen molar-refractivity contribution in [2.75, 3.05) is 37.7 Å². The zero-order valence-corrected chi connectivity index (χ0v) is 16.1. The van der Waals surface area contributed by atoms with E-state index in [1.54, 1.807) is 18.5 Å². The van der Waals surface area contributed by atoms with Crippen LogP contribution in [0, 0.1) is 5.41 Å². The van der Waals surface area contributed by atoms with Gasteiger partial charge in [0.1, 0.15) is 11.7 Å². The van der Waals surface area contributed by atoms with Crippen molar-refractivity contribution in [1.29, 1.82) is 5.41 Å². The molecule has 4 rings (SSSR count). The maximum absolute atomic E-state index is 12.4. The smallest absolute Gasteiger partial charge is 0.252 e. The SMILES string of the molecule is N=C(N)c1c[nH]c2ccc(CCNC(=O)c3ccc(N4CCOCC4)nc3)cc12. The molecule has 1 aliphatic heterocycles. The molecular formula is C21H24N6O2. The van der Waals surface area contributed by atoms with Crippen molar-refractivity contribution in [2.45, 2.75) is 6.42 Å².